The molecule has 0 N–H and O–H groups in total. The number of ether oxygens (including phenoxy) is 2. The fraction of sp³-hybridized carbons (Fsp3) is 0.400. The second-order valence-corrected chi connectivity index (χ2v) is 4.79. The maximum Gasteiger partial charge on any atom is 0.338 e. The van der Waals surface area contributed by atoms with Crippen molar-refractivity contribution in [3.63, 3.8) is 0 Å². The molecule has 4 nitrogen and oxygen atoms in total. The minimum Gasteiger partial charge on any atom is -0.496 e. The highest BCUT2D eigenvalue weighted by Crippen LogP contribution is 2.39. The molecule has 1 aromatic heterocycles. The number of fused-ring (bicyclic) bond motifs is 1. The molecule has 0 saturated heterocycles. The fourth-order valence-corrected chi connectivity index (χ4v) is 2.40. The molecule has 1 aliphatic rings. The molecule has 4 heteroatoms. The number of carbonyl (C=O) groups is 1. The van der Waals surface area contributed by atoms with Gasteiger partial charge in [0.15, 0.2) is 0 Å². The largest absolute Gasteiger partial charge is 0.496 e. The zero-order valence-corrected chi connectivity index (χ0v) is 11.2. The molecule has 1 saturated carbocycles. The molecule has 0 bridgehead atoms. The van der Waals surface area contributed by atoms with Crippen LogP contribution in [0, 0.1) is 0 Å². The van der Waals surface area contributed by atoms with Crippen LogP contribution in [0.2, 0.25) is 0 Å². The summed E-state index contributed by atoms with van der Waals surface area (Å²) in [7, 11) is 1.62. The van der Waals surface area contributed by atoms with E-state index in [2.05, 4.69) is 10.8 Å². The van der Waals surface area contributed by atoms with Crippen LogP contribution in [0.1, 0.15) is 36.2 Å². The Morgan fingerprint density at radius 1 is 1.42 bits per heavy atom. The van der Waals surface area contributed by atoms with Gasteiger partial charge in [0.1, 0.15) is 5.75 Å². The summed E-state index contributed by atoms with van der Waals surface area (Å²) in [5.41, 5.74) is 1.59. The molecule has 100 valence electrons. The monoisotopic (exact) mass is 259 g/mol. The Balaban J connectivity index is 2.13. The van der Waals surface area contributed by atoms with Crippen LogP contribution in [0.4, 0.5) is 0 Å². The van der Waals surface area contributed by atoms with E-state index < -0.39 is 0 Å². The van der Waals surface area contributed by atoms with Gasteiger partial charge in [-0.2, -0.15) is 0 Å². The number of hydrogen-bond donors (Lipinski definition) is 0. The lowest BCUT2D eigenvalue weighted by atomic mass is 10.1. The zero-order valence-electron chi connectivity index (χ0n) is 11.2. The maximum atomic E-state index is 11.9. The van der Waals surface area contributed by atoms with Gasteiger partial charge in [0.25, 0.3) is 0 Å². The summed E-state index contributed by atoms with van der Waals surface area (Å²) in [6.45, 7) is 2.18. The van der Waals surface area contributed by atoms with Gasteiger partial charge in [-0.05, 0) is 38.0 Å². The van der Waals surface area contributed by atoms with Crippen LogP contribution < -0.4 is 4.74 Å². The molecule has 0 spiro atoms. The Labute approximate surface area is 111 Å². The standard InChI is InChI=1S/C15H17NO3/c1-3-19-15(17)10-8-13-12(14(9-10)18-2)6-7-16(13)11-4-5-11/h6-9,11H,3-5H2,1-2H3. The van der Waals surface area contributed by atoms with Gasteiger partial charge in [0, 0.05) is 17.6 Å². The average molecular weight is 259 g/mol. The van der Waals surface area contributed by atoms with Crippen molar-refractivity contribution in [2.24, 2.45) is 0 Å². The molecule has 0 atom stereocenters. The SMILES string of the molecule is CCOC(=O)c1cc(OC)c2ccn(C3CC3)c2c1. The van der Waals surface area contributed by atoms with E-state index in [1.807, 2.05) is 12.1 Å². The lowest BCUT2D eigenvalue weighted by molar-refractivity contribution is 0.0526. The predicted octanol–water partition coefficient (Wildman–Crippen LogP) is 3.16. The lowest BCUT2D eigenvalue weighted by Crippen LogP contribution is -2.05. The van der Waals surface area contributed by atoms with E-state index in [1.165, 1.54) is 12.8 Å². The van der Waals surface area contributed by atoms with Gasteiger partial charge >= 0.3 is 5.97 Å². The lowest BCUT2D eigenvalue weighted by Gasteiger charge is -2.09. The van der Waals surface area contributed by atoms with Gasteiger partial charge in [-0.3, -0.25) is 0 Å². The molecule has 3 rings (SSSR count). The Bertz CT molecular complexity index is 626. The maximum absolute atomic E-state index is 11.9. The zero-order chi connectivity index (χ0) is 13.4. The van der Waals surface area contributed by atoms with Gasteiger partial charge < -0.3 is 14.0 Å². The first-order valence-electron chi connectivity index (χ1n) is 6.60. The number of rotatable bonds is 4. The molecule has 1 aromatic carbocycles. The summed E-state index contributed by atoms with van der Waals surface area (Å²) in [4.78, 5) is 11.9. The smallest absolute Gasteiger partial charge is 0.338 e. The molecule has 19 heavy (non-hydrogen) atoms. The predicted molar refractivity (Wildman–Crippen MR) is 72.7 cm³/mol. The Morgan fingerprint density at radius 3 is 2.84 bits per heavy atom. The molecular weight excluding hydrogens is 242 g/mol. The van der Waals surface area contributed by atoms with Crippen molar-refractivity contribution >= 4 is 16.9 Å². The first kappa shape index (κ1) is 12.1. The molecule has 1 fully saturated rings. The Kier molecular flexibility index (Phi) is 2.93. The first-order valence-corrected chi connectivity index (χ1v) is 6.60. The molecular formula is C15H17NO3. The third-order valence-electron chi connectivity index (χ3n) is 3.47. The number of carbonyl (C=O) groups excluding carboxylic acids is 1. The molecule has 0 aliphatic heterocycles. The summed E-state index contributed by atoms with van der Waals surface area (Å²) in [6, 6.07) is 6.26. The summed E-state index contributed by atoms with van der Waals surface area (Å²) >= 11 is 0. The van der Waals surface area contributed by atoms with Gasteiger partial charge in [-0.25, -0.2) is 4.79 Å². The van der Waals surface area contributed by atoms with Gasteiger partial charge in [-0.15, -0.1) is 0 Å². The van der Waals surface area contributed by atoms with E-state index >= 15 is 0 Å². The first-order chi connectivity index (χ1) is 9.24. The van der Waals surface area contributed by atoms with E-state index in [4.69, 9.17) is 9.47 Å². The van der Waals surface area contributed by atoms with Crippen LogP contribution >= 0.6 is 0 Å². The van der Waals surface area contributed by atoms with Crippen LogP contribution in [-0.4, -0.2) is 24.3 Å². The van der Waals surface area contributed by atoms with Crippen LogP contribution in [0.5, 0.6) is 5.75 Å². The third kappa shape index (κ3) is 2.07. The van der Waals surface area contributed by atoms with Crippen molar-refractivity contribution in [3.8, 4) is 5.75 Å². The van der Waals surface area contributed by atoms with E-state index in [9.17, 15) is 4.79 Å². The number of nitrogens with zero attached hydrogens (tertiary/aromatic N) is 1. The van der Waals surface area contributed by atoms with Crippen molar-refractivity contribution < 1.29 is 14.3 Å². The van der Waals surface area contributed by atoms with E-state index in [-0.39, 0.29) is 5.97 Å². The minimum absolute atomic E-state index is 0.300. The van der Waals surface area contributed by atoms with Crippen LogP contribution in [0.3, 0.4) is 0 Å². The van der Waals surface area contributed by atoms with E-state index in [0.717, 1.165) is 16.7 Å². The second kappa shape index (κ2) is 4.61. The second-order valence-electron chi connectivity index (χ2n) is 4.79. The molecule has 1 heterocycles. The van der Waals surface area contributed by atoms with Crippen molar-refractivity contribution in [1.82, 2.24) is 4.57 Å². The van der Waals surface area contributed by atoms with Crippen molar-refractivity contribution in [1.29, 1.82) is 0 Å². The van der Waals surface area contributed by atoms with Crippen molar-refractivity contribution in [2.75, 3.05) is 13.7 Å². The number of aromatic nitrogens is 1. The van der Waals surface area contributed by atoms with Crippen LogP contribution in [0.25, 0.3) is 10.9 Å². The van der Waals surface area contributed by atoms with Gasteiger partial charge in [-0.1, -0.05) is 0 Å². The molecule has 0 radical (unpaired) electrons. The molecule has 0 amide bonds. The normalized spacial score (nSPS) is 14.6. The summed E-state index contributed by atoms with van der Waals surface area (Å²) in [5, 5.41) is 1.04. The van der Waals surface area contributed by atoms with E-state index in [1.54, 1.807) is 20.1 Å². The highest BCUT2D eigenvalue weighted by molar-refractivity contribution is 5.97. The minimum atomic E-state index is -0.300. The number of methoxy groups -OCH3 is 1. The molecule has 1 aliphatic carbocycles. The van der Waals surface area contributed by atoms with Gasteiger partial charge in [0.2, 0.25) is 0 Å². The average Bonchev–Trinajstić information content (AvgIpc) is 3.17. The summed E-state index contributed by atoms with van der Waals surface area (Å²) < 4.78 is 12.7. The molecule has 2 aromatic rings. The fourth-order valence-electron chi connectivity index (χ4n) is 2.40. The van der Waals surface area contributed by atoms with Crippen molar-refractivity contribution in [2.45, 2.75) is 25.8 Å². The third-order valence-corrected chi connectivity index (χ3v) is 3.47. The molecule has 0 unspecified atom stereocenters. The Morgan fingerprint density at radius 2 is 2.21 bits per heavy atom. The van der Waals surface area contributed by atoms with E-state index in [0.29, 0.717) is 18.2 Å². The number of benzene rings is 1. The quantitative estimate of drug-likeness (QED) is 0.792. The Hall–Kier alpha value is -1.97. The van der Waals surface area contributed by atoms with Crippen LogP contribution in [-0.2, 0) is 4.74 Å². The highest BCUT2D eigenvalue weighted by atomic mass is 16.5. The number of esters is 1. The summed E-state index contributed by atoms with van der Waals surface area (Å²) in [6.07, 6.45) is 4.48. The topological polar surface area (TPSA) is 40.5 Å². The number of hydrogen-bond acceptors (Lipinski definition) is 3. The van der Waals surface area contributed by atoms with Crippen molar-refractivity contribution in [3.05, 3.63) is 30.0 Å². The summed E-state index contributed by atoms with van der Waals surface area (Å²) in [5.74, 6) is 0.422. The highest BCUT2D eigenvalue weighted by Gasteiger charge is 2.25. The van der Waals surface area contributed by atoms with Gasteiger partial charge in [0.05, 0.1) is 24.8 Å². The van der Waals surface area contributed by atoms with Crippen LogP contribution in [0.15, 0.2) is 24.4 Å².